The lowest BCUT2D eigenvalue weighted by molar-refractivity contribution is -0.319. The van der Waals surface area contributed by atoms with Gasteiger partial charge in [-0.3, -0.25) is 9.59 Å². The fourth-order valence-corrected chi connectivity index (χ4v) is 12.5. The number of benzene rings is 1. The number of esters is 2. The van der Waals surface area contributed by atoms with Crippen LogP contribution in [-0.2, 0) is 33.3 Å². The number of rotatable bonds is 13. The summed E-state index contributed by atoms with van der Waals surface area (Å²) in [6.07, 6.45) is -3.32. The van der Waals surface area contributed by atoms with Crippen LogP contribution in [0.4, 0.5) is 0 Å². The maximum Gasteiger partial charge on any atom is 0.338 e. The third-order valence-electron chi connectivity index (χ3n) is 16.2. The summed E-state index contributed by atoms with van der Waals surface area (Å²) in [4.78, 5) is 40.4. The largest absolute Gasteiger partial charge is 0.497 e. The Morgan fingerprint density at radius 3 is 2.27 bits per heavy atom. The van der Waals surface area contributed by atoms with Crippen molar-refractivity contribution < 1.29 is 68.3 Å². The van der Waals surface area contributed by atoms with Crippen molar-refractivity contribution in [3.63, 3.8) is 0 Å². The first-order valence-electron chi connectivity index (χ1n) is 22.9. The molecule has 1 aliphatic heterocycles. The molecule has 62 heavy (non-hydrogen) atoms. The second-order valence-electron chi connectivity index (χ2n) is 20.1. The van der Waals surface area contributed by atoms with Crippen LogP contribution in [0.5, 0.6) is 5.75 Å². The van der Waals surface area contributed by atoms with Crippen molar-refractivity contribution >= 4 is 17.7 Å². The van der Waals surface area contributed by atoms with Gasteiger partial charge < -0.3 is 54.0 Å². The molecule has 6 aliphatic rings. The Labute approximate surface area is 365 Å². The lowest BCUT2D eigenvalue weighted by Crippen LogP contribution is -2.64. The molecule has 0 radical (unpaired) electrons. The quantitative estimate of drug-likeness (QED) is 0.133. The number of ketones is 1. The molecule has 346 valence electrons. The SMILES string of the molecule is COc1ccc(C(=O)OC2C(OC3C(O)COC(O[C@H]4CC5C6CC=C7C[C@@H](O)CC[C@]7(C)C6CC[C@]5(C)[C@@]4(O)[C@H](C)C(=O)CCC(C)C)C3OC(C)=O)CCC(O)C2O)cc1. The molecule has 5 aliphatic carbocycles. The van der Waals surface area contributed by atoms with E-state index in [0.717, 1.165) is 25.7 Å². The summed E-state index contributed by atoms with van der Waals surface area (Å²) in [5, 5.41) is 57.4. The van der Waals surface area contributed by atoms with Gasteiger partial charge in [-0.2, -0.15) is 0 Å². The summed E-state index contributed by atoms with van der Waals surface area (Å²) in [5.74, 6) is -1.06. The van der Waals surface area contributed by atoms with Crippen LogP contribution >= 0.6 is 0 Å². The van der Waals surface area contributed by atoms with E-state index < -0.39 is 84.0 Å². The number of ether oxygens (including phenoxy) is 6. The van der Waals surface area contributed by atoms with Gasteiger partial charge in [0.25, 0.3) is 0 Å². The van der Waals surface area contributed by atoms with E-state index >= 15 is 0 Å². The van der Waals surface area contributed by atoms with Crippen molar-refractivity contribution in [1.29, 1.82) is 0 Å². The summed E-state index contributed by atoms with van der Waals surface area (Å²) in [5.41, 5.74) is -0.960. The lowest BCUT2D eigenvalue weighted by atomic mass is 9.46. The van der Waals surface area contributed by atoms with Gasteiger partial charge >= 0.3 is 11.9 Å². The molecular weight excluding hydrogens is 801 g/mol. The van der Waals surface area contributed by atoms with E-state index in [1.165, 1.54) is 31.7 Å². The number of aliphatic hydroxyl groups excluding tert-OH is 4. The van der Waals surface area contributed by atoms with E-state index in [1.807, 2.05) is 0 Å². The van der Waals surface area contributed by atoms with Gasteiger partial charge in [0.1, 0.15) is 35.4 Å². The number of carbonyl (C=O) groups excluding carboxylic acids is 3. The number of fused-ring (bicyclic) bond motifs is 5. The Kier molecular flexibility index (Phi) is 14.0. The highest BCUT2D eigenvalue weighted by Crippen LogP contribution is 2.69. The maximum absolute atomic E-state index is 14.2. The van der Waals surface area contributed by atoms with E-state index in [1.54, 1.807) is 19.1 Å². The van der Waals surface area contributed by atoms with E-state index in [4.69, 9.17) is 28.4 Å². The molecule has 14 nitrogen and oxygen atoms in total. The zero-order chi connectivity index (χ0) is 44.9. The van der Waals surface area contributed by atoms with Crippen molar-refractivity contribution in [3.8, 4) is 5.75 Å². The predicted molar refractivity (Wildman–Crippen MR) is 225 cm³/mol. The molecule has 5 N–H and O–H groups in total. The summed E-state index contributed by atoms with van der Waals surface area (Å²) >= 11 is 0. The van der Waals surface area contributed by atoms with Gasteiger partial charge in [-0.15, -0.1) is 0 Å². The van der Waals surface area contributed by atoms with Gasteiger partial charge in [0, 0.05) is 24.7 Å². The van der Waals surface area contributed by atoms with Crippen molar-refractivity contribution in [2.45, 2.75) is 179 Å². The minimum Gasteiger partial charge on any atom is -0.497 e. The zero-order valence-corrected chi connectivity index (χ0v) is 37.4. The molecule has 1 saturated heterocycles. The van der Waals surface area contributed by atoms with E-state index in [0.29, 0.717) is 43.8 Å². The zero-order valence-electron chi connectivity index (χ0n) is 37.4. The van der Waals surface area contributed by atoms with Crippen molar-refractivity contribution in [3.05, 3.63) is 41.5 Å². The number of carbonyl (C=O) groups is 3. The van der Waals surface area contributed by atoms with E-state index in [9.17, 15) is 39.9 Å². The molecule has 4 saturated carbocycles. The smallest absolute Gasteiger partial charge is 0.338 e. The van der Waals surface area contributed by atoms with Crippen LogP contribution < -0.4 is 4.74 Å². The number of methoxy groups -OCH3 is 1. The van der Waals surface area contributed by atoms with Crippen molar-refractivity contribution in [1.82, 2.24) is 0 Å². The van der Waals surface area contributed by atoms with E-state index in [2.05, 4.69) is 33.8 Å². The summed E-state index contributed by atoms with van der Waals surface area (Å²) < 4.78 is 36.4. The summed E-state index contributed by atoms with van der Waals surface area (Å²) in [6, 6.07) is 6.19. The van der Waals surface area contributed by atoms with Gasteiger partial charge in [0.05, 0.1) is 43.7 Å². The lowest BCUT2D eigenvalue weighted by Gasteiger charge is -2.59. The van der Waals surface area contributed by atoms with Crippen LogP contribution in [0.2, 0.25) is 0 Å². The van der Waals surface area contributed by atoms with Crippen LogP contribution in [0.15, 0.2) is 35.9 Å². The van der Waals surface area contributed by atoms with Crippen LogP contribution in [0, 0.1) is 40.4 Å². The van der Waals surface area contributed by atoms with Crippen LogP contribution in [-0.4, -0.2) is 124 Å². The second kappa shape index (κ2) is 18.5. The number of hydrogen-bond donors (Lipinski definition) is 5. The molecule has 1 aromatic rings. The Balaban J connectivity index is 1.18. The molecule has 0 bridgehead atoms. The van der Waals surface area contributed by atoms with Crippen LogP contribution in [0.3, 0.4) is 0 Å². The molecule has 1 aromatic carbocycles. The minimum atomic E-state index is -1.65. The fourth-order valence-electron chi connectivity index (χ4n) is 12.5. The maximum atomic E-state index is 14.2. The average molecular weight is 871 g/mol. The molecule has 5 fully saturated rings. The monoisotopic (exact) mass is 870 g/mol. The Hall–Kier alpha value is -2.95. The van der Waals surface area contributed by atoms with Crippen molar-refractivity contribution in [2.24, 2.45) is 40.4 Å². The van der Waals surface area contributed by atoms with Gasteiger partial charge in [-0.05, 0) is 118 Å². The third-order valence-corrected chi connectivity index (χ3v) is 16.2. The third kappa shape index (κ3) is 8.64. The normalized spacial score (nSPS) is 42.1. The van der Waals surface area contributed by atoms with Crippen LogP contribution in [0.25, 0.3) is 0 Å². The number of aliphatic hydroxyl groups is 5. The topological polar surface area (TPSA) is 208 Å². The Bertz CT molecular complexity index is 1800. The van der Waals surface area contributed by atoms with Gasteiger partial charge in [-0.1, -0.05) is 46.3 Å². The second-order valence-corrected chi connectivity index (χ2v) is 20.1. The highest BCUT2D eigenvalue weighted by Gasteiger charge is 2.70. The fraction of sp³-hybridized carbons (Fsp3) is 0.771. The highest BCUT2D eigenvalue weighted by molar-refractivity contribution is 5.89. The number of Topliss-reactive ketones (excluding diaryl/α,β-unsaturated/α-hetero) is 1. The first-order chi connectivity index (χ1) is 29.3. The highest BCUT2D eigenvalue weighted by atomic mass is 16.7. The summed E-state index contributed by atoms with van der Waals surface area (Å²) in [6.45, 7) is 11.3. The van der Waals surface area contributed by atoms with Crippen LogP contribution in [0.1, 0.15) is 123 Å². The first-order valence-corrected chi connectivity index (χ1v) is 22.9. The molecular formula is C48H70O14. The average Bonchev–Trinajstić information content (AvgIpc) is 3.47. The molecule has 17 atom stereocenters. The molecule has 0 aromatic heterocycles. The van der Waals surface area contributed by atoms with E-state index in [-0.39, 0.29) is 60.1 Å². The molecule has 0 spiro atoms. The molecule has 7 rings (SSSR count). The minimum absolute atomic E-state index is 0.0391. The standard InChI is InChI=1S/C48H70O14/c1-25(2)8-15-35(51)26(3)48(56)39(23-34-32-14-11-29-22-30(50)18-20-46(29,5)33(32)19-21-47(34,48)6)61-45-43(59-27(4)49)41(37(53)24-58-45)60-38-17-16-36(52)40(54)42(38)62-44(55)28-9-12-31(57-7)13-10-28/h9-13,25-26,30,32-34,36-43,45,50,52-54,56H,8,14-24H2,1-7H3/t26-,30+,32?,33?,34?,36?,37?,38?,39+,40?,41?,42?,43?,45?,46+,47+,48-/m1/s1. The Morgan fingerprint density at radius 1 is 0.871 bits per heavy atom. The molecule has 11 unspecified atom stereocenters. The van der Waals surface area contributed by atoms with Gasteiger partial charge in [0.2, 0.25) is 0 Å². The van der Waals surface area contributed by atoms with Gasteiger partial charge in [0.15, 0.2) is 18.5 Å². The van der Waals surface area contributed by atoms with Gasteiger partial charge in [-0.25, -0.2) is 4.79 Å². The Morgan fingerprint density at radius 2 is 1.60 bits per heavy atom. The summed E-state index contributed by atoms with van der Waals surface area (Å²) in [7, 11) is 1.50. The first kappa shape index (κ1) is 47.0. The molecule has 1 heterocycles. The number of allylic oxidation sites excluding steroid dienone is 1. The predicted octanol–water partition coefficient (Wildman–Crippen LogP) is 4.83. The molecule has 0 amide bonds. The molecule has 14 heteroatoms. The number of hydrogen-bond acceptors (Lipinski definition) is 14. The van der Waals surface area contributed by atoms with Crippen molar-refractivity contribution in [2.75, 3.05) is 13.7 Å².